The van der Waals surface area contributed by atoms with Crippen LogP contribution >= 0.6 is 0 Å². The lowest BCUT2D eigenvalue weighted by molar-refractivity contribution is -0.131. The molecule has 0 spiro atoms. The second-order valence-corrected chi connectivity index (χ2v) is 7.69. The molecule has 0 bridgehead atoms. The highest BCUT2D eigenvalue weighted by atomic mass is 32.2. The highest BCUT2D eigenvalue weighted by molar-refractivity contribution is 7.91. The van der Waals surface area contributed by atoms with Gasteiger partial charge in [-0.3, -0.25) is 4.79 Å². The molecule has 1 saturated heterocycles. The first-order valence-electron chi connectivity index (χ1n) is 6.89. The van der Waals surface area contributed by atoms with Gasteiger partial charge < -0.3 is 10.2 Å². The molecule has 1 aromatic carbocycles. The zero-order valence-corrected chi connectivity index (χ0v) is 12.0. The third-order valence-electron chi connectivity index (χ3n) is 3.94. The van der Waals surface area contributed by atoms with Gasteiger partial charge in [0.25, 0.3) is 0 Å². The Morgan fingerprint density at radius 3 is 2.80 bits per heavy atom. The zero-order chi connectivity index (χ0) is 14.2. The van der Waals surface area contributed by atoms with E-state index in [9.17, 15) is 13.2 Å². The normalized spacial score (nSPS) is 24.6. The summed E-state index contributed by atoms with van der Waals surface area (Å²) in [4.78, 5) is 14.2. The number of fused-ring (bicyclic) bond motifs is 1. The SMILES string of the molecule is O=C(C1Cc2ccccc2N1)N1CCCS(=O)(=O)CC1. The predicted octanol–water partition coefficient (Wildman–Crippen LogP) is 0.670. The van der Waals surface area contributed by atoms with Gasteiger partial charge in [-0.2, -0.15) is 0 Å². The molecule has 1 N–H and O–H groups in total. The van der Waals surface area contributed by atoms with Crippen LogP contribution in [0, 0.1) is 0 Å². The van der Waals surface area contributed by atoms with E-state index in [1.807, 2.05) is 24.3 Å². The number of carbonyl (C=O) groups excluding carboxylic acids is 1. The van der Waals surface area contributed by atoms with Gasteiger partial charge in [0, 0.05) is 25.2 Å². The first kappa shape index (κ1) is 13.4. The van der Waals surface area contributed by atoms with Gasteiger partial charge in [0.05, 0.1) is 11.5 Å². The van der Waals surface area contributed by atoms with E-state index in [0.29, 0.717) is 25.9 Å². The molecule has 0 aromatic heterocycles. The standard InChI is InChI=1S/C14H18N2O3S/c17-14(16-6-3-8-20(18,19)9-7-16)13-10-11-4-1-2-5-12(11)15-13/h1-2,4-5,13,15H,3,6-10H2. The third kappa shape index (κ3) is 2.65. The molecule has 1 amide bonds. The number of sulfone groups is 1. The van der Waals surface area contributed by atoms with Crippen LogP contribution in [0.2, 0.25) is 0 Å². The summed E-state index contributed by atoms with van der Waals surface area (Å²) in [6, 6.07) is 7.63. The largest absolute Gasteiger partial charge is 0.373 e. The molecule has 2 heterocycles. The lowest BCUT2D eigenvalue weighted by atomic mass is 10.1. The van der Waals surface area contributed by atoms with E-state index < -0.39 is 9.84 Å². The van der Waals surface area contributed by atoms with Gasteiger partial charge >= 0.3 is 0 Å². The Balaban J connectivity index is 1.69. The quantitative estimate of drug-likeness (QED) is 0.827. The summed E-state index contributed by atoms with van der Waals surface area (Å²) in [6.45, 7) is 0.849. The van der Waals surface area contributed by atoms with Crippen LogP contribution in [-0.4, -0.2) is 49.9 Å². The Morgan fingerprint density at radius 2 is 2.00 bits per heavy atom. The van der Waals surface area contributed by atoms with Crippen molar-refractivity contribution in [3.05, 3.63) is 29.8 Å². The molecule has 0 radical (unpaired) electrons. The number of anilines is 1. The van der Waals surface area contributed by atoms with Crippen molar-refractivity contribution >= 4 is 21.4 Å². The topological polar surface area (TPSA) is 66.5 Å². The molecule has 3 rings (SSSR count). The zero-order valence-electron chi connectivity index (χ0n) is 11.2. The van der Waals surface area contributed by atoms with Crippen molar-refractivity contribution in [2.24, 2.45) is 0 Å². The van der Waals surface area contributed by atoms with Crippen molar-refractivity contribution < 1.29 is 13.2 Å². The van der Waals surface area contributed by atoms with Crippen molar-refractivity contribution in [2.75, 3.05) is 29.9 Å². The Kier molecular flexibility index (Phi) is 3.41. The van der Waals surface area contributed by atoms with Crippen molar-refractivity contribution in [2.45, 2.75) is 18.9 Å². The van der Waals surface area contributed by atoms with E-state index in [4.69, 9.17) is 0 Å². The highest BCUT2D eigenvalue weighted by Crippen LogP contribution is 2.26. The lowest BCUT2D eigenvalue weighted by Crippen LogP contribution is -2.43. The summed E-state index contributed by atoms with van der Waals surface area (Å²) < 4.78 is 23.2. The fourth-order valence-electron chi connectivity index (χ4n) is 2.83. The Hall–Kier alpha value is -1.56. The van der Waals surface area contributed by atoms with Crippen LogP contribution in [0.5, 0.6) is 0 Å². The van der Waals surface area contributed by atoms with E-state index in [-0.39, 0.29) is 23.5 Å². The summed E-state index contributed by atoms with van der Waals surface area (Å²) in [5.41, 5.74) is 2.15. The minimum atomic E-state index is -2.98. The third-order valence-corrected chi connectivity index (χ3v) is 5.65. The molecule has 1 aromatic rings. The molecular formula is C14H18N2O3S. The minimum absolute atomic E-state index is 0.0123. The number of hydrogen-bond acceptors (Lipinski definition) is 4. The average Bonchev–Trinajstić information content (AvgIpc) is 2.77. The molecule has 0 aliphatic carbocycles. The van der Waals surface area contributed by atoms with Crippen molar-refractivity contribution in [1.29, 1.82) is 0 Å². The van der Waals surface area contributed by atoms with Gasteiger partial charge in [-0.15, -0.1) is 0 Å². The Labute approximate surface area is 118 Å². The van der Waals surface area contributed by atoms with Crippen LogP contribution in [0.25, 0.3) is 0 Å². The molecular weight excluding hydrogens is 276 g/mol. The summed E-state index contributed by atoms with van der Waals surface area (Å²) in [5, 5.41) is 3.23. The van der Waals surface area contributed by atoms with Gasteiger partial charge in [-0.05, 0) is 18.1 Å². The van der Waals surface area contributed by atoms with Gasteiger partial charge in [-0.25, -0.2) is 8.42 Å². The first-order valence-corrected chi connectivity index (χ1v) is 8.71. The maximum atomic E-state index is 12.5. The van der Waals surface area contributed by atoms with Crippen molar-refractivity contribution in [3.8, 4) is 0 Å². The minimum Gasteiger partial charge on any atom is -0.373 e. The summed E-state index contributed by atoms with van der Waals surface area (Å²) in [6.07, 6.45) is 1.21. The summed E-state index contributed by atoms with van der Waals surface area (Å²) in [5.74, 6) is 0.284. The van der Waals surface area contributed by atoms with Crippen LogP contribution < -0.4 is 5.32 Å². The molecule has 1 fully saturated rings. The number of rotatable bonds is 1. The second kappa shape index (κ2) is 5.09. The predicted molar refractivity (Wildman–Crippen MR) is 77.4 cm³/mol. The Morgan fingerprint density at radius 1 is 1.20 bits per heavy atom. The number of carbonyl (C=O) groups is 1. The van der Waals surface area contributed by atoms with E-state index in [1.165, 1.54) is 0 Å². The molecule has 5 nitrogen and oxygen atoms in total. The number of amides is 1. The number of nitrogens with one attached hydrogen (secondary N) is 1. The fraction of sp³-hybridized carbons (Fsp3) is 0.500. The molecule has 2 aliphatic heterocycles. The fourth-order valence-corrected chi connectivity index (χ4v) is 4.10. The van der Waals surface area contributed by atoms with E-state index in [0.717, 1.165) is 11.3 Å². The maximum absolute atomic E-state index is 12.5. The van der Waals surface area contributed by atoms with E-state index in [2.05, 4.69) is 5.32 Å². The van der Waals surface area contributed by atoms with Crippen LogP contribution in [0.1, 0.15) is 12.0 Å². The van der Waals surface area contributed by atoms with Gasteiger partial charge in [0.2, 0.25) is 5.91 Å². The molecule has 1 atom stereocenters. The van der Waals surface area contributed by atoms with Crippen LogP contribution in [0.15, 0.2) is 24.3 Å². The molecule has 2 aliphatic rings. The number of nitrogens with zero attached hydrogens (tertiary/aromatic N) is 1. The van der Waals surface area contributed by atoms with Crippen LogP contribution in [0.4, 0.5) is 5.69 Å². The second-order valence-electron chi connectivity index (χ2n) is 5.39. The first-order chi connectivity index (χ1) is 9.55. The van der Waals surface area contributed by atoms with Gasteiger partial charge in [-0.1, -0.05) is 18.2 Å². The van der Waals surface area contributed by atoms with Gasteiger partial charge in [0.1, 0.15) is 6.04 Å². The van der Waals surface area contributed by atoms with Crippen LogP contribution in [-0.2, 0) is 21.1 Å². The van der Waals surface area contributed by atoms with Crippen molar-refractivity contribution in [3.63, 3.8) is 0 Å². The number of benzene rings is 1. The average molecular weight is 294 g/mol. The van der Waals surface area contributed by atoms with Crippen molar-refractivity contribution in [1.82, 2.24) is 4.90 Å². The Bertz CT molecular complexity index is 602. The molecule has 6 heteroatoms. The molecule has 108 valence electrons. The van der Waals surface area contributed by atoms with Crippen LogP contribution in [0.3, 0.4) is 0 Å². The molecule has 0 saturated carbocycles. The molecule has 20 heavy (non-hydrogen) atoms. The monoisotopic (exact) mass is 294 g/mol. The summed E-state index contributed by atoms with van der Waals surface area (Å²) >= 11 is 0. The highest BCUT2D eigenvalue weighted by Gasteiger charge is 2.31. The lowest BCUT2D eigenvalue weighted by Gasteiger charge is -2.23. The number of hydrogen-bond donors (Lipinski definition) is 1. The maximum Gasteiger partial charge on any atom is 0.245 e. The summed E-state index contributed by atoms with van der Waals surface area (Å²) in [7, 11) is -2.98. The van der Waals surface area contributed by atoms with Gasteiger partial charge in [0.15, 0.2) is 9.84 Å². The van der Waals surface area contributed by atoms with E-state index >= 15 is 0 Å². The van der Waals surface area contributed by atoms with E-state index in [1.54, 1.807) is 4.90 Å². The smallest absolute Gasteiger partial charge is 0.245 e. The molecule has 1 unspecified atom stereocenters. The number of para-hydroxylation sites is 1.